The first kappa shape index (κ1) is 16.7. The van der Waals surface area contributed by atoms with E-state index in [2.05, 4.69) is 17.2 Å². The Kier molecular flexibility index (Phi) is 9.63. The van der Waals surface area contributed by atoms with E-state index < -0.39 is 0 Å². The standard InChI is InChI=1S/C10H17N3.2ClH/c1-3-4-6-13-10-8(2)12-7-5-9(10)11;;/h5,7,13H,3-4,6H2,1-2H3,(H2,11,12);2*1H. The predicted molar refractivity (Wildman–Crippen MR) is 71.3 cm³/mol. The number of hydrogen-bond acceptors (Lipinski definition) is 3. The number of aromatic nitrogens is 1. The van der Waals surface area contributed by atoms with Gasteiger partial charge in [0.25, 0.3) is 0 Å². The number of nitrogens with zero attached hydrogens (tertiary/aromatic N) is 1. The molecule has 0 fully saturated rings. The highest BCUT2D eigenvalue weighted by atomic mass is 35.5. The van der Waals surface area contributed by atoms with E-state index in [0.29, 0.717) is 0 Å². The summed E-state index contributed by atoms with van der Waals surface area (Å²) in [6, 6.07) is 1.82. The van der Waals surface area contributed by atoms with Crippen LogP contribution in [0.25, 0.3) is 0 Å². The molecule has 0 aliphatic heterocycles. The molecule has 1 aromatic rings. The van der Waals surface area contributed by atoms with Crippen LogP contribution in [0.5, 0.6) is 0 Å². The number of hydrogen-bond donors (Lipinski definition) is 2. The second-order valence-electron chi connectivity index (χ2n) is 3.14. The Bertz CT molecular complexity index is 259. The zero-order valence-electron chi connectivity index (χ0n) is 9.12. The average molecular weight is 252 g/mol. The molecular weight excluding hydrogens is 233 g/mol. The van der Waals surface area contributed by atoms with Gasteiger partial charge in [-0.15, -0.1) is 24.8 Å². The molecule has 0 spiro atoms. The number of nitrogen functional groups attached to an aromatic ring is 1. The zero-order chi connectivity index (χ0) is 9.68. The van der Waals surface area contributed by atoms with Crippen molar-refractivity contribution >= 4 is 36.2 Å². The molecule has 1 rings (SSSR count). The third-order valence-electron chi connectivity index (χ3n) is 2.00. The summed E-state index contributed by atoms with van der Waals surface area (Å²) < 4.78 is 0. The summed E-state index contributed by atoms with van der Waals surface area (Å²) in [6.07, 6.45) is 4.08. The predicted octanol–water partition coefficient (Wildman–Crippen LogP) is 3.03. The highest BCUT2D eigenvalue weighted by Crippen LogP contribution is 2.19. The Morgan fingerprint density at radius 3 is 2.60 bits per heavy atom. The van der Waals surface area contributed by atoms with Gasteiger partial charge in [0.1, 0.15) is 0 Å². The van der Waals surface area contributed by atoms with Crippen LogP contribution in [-0.2, 0) is 0 Å². The maximum Gasteiger partial charge on any atom is 0.0790 e. The lowest BCUT2D eigenvalue weighted by atomic mass is 10.2. The minimum Gasteiger partial charge on any atom is -0.397 e. The van der Waals surface area contributed by atoms with E-state index in [1.165, 1.54) is 6.42 Å². The molecule has 0 saturated carbocycles. The lowest BCUT2D eigenvalue weighted by Gasteiger charge is -2.10. The summed E-state index contributed by atoms with van der Waals surface area (Å²) in [5.74, 6) is 0. The number of unbranched alkanes of at least 4 members (excludes halogenated alkanes) is 1. The Balaban J connectivity index is 0. The minimum atomic E-state index is 0. The molecule has 15 heavy (non-hydrogen) atoms. The van der Waals surface area contributed by atoms with Crippen molar-refractivity contribution in [3.63, 3.8) is 0 Å². The van der Waals surface area contributed by atoms with Crippen molar-refractivity contribution in [3.05, 3.63) is 18.0 Å². The van der Waals surface area contributed by atoms with Crippen molar-refractivity contribution in [2.24, 2.45) is 0 Å². The quantitative estimate of drug-likeness (QED) is 0.810. The van der Waals surface area contributed by atoms with Crippen LogP contribution in [0.3, 0.4) is 0 Å². The van der Waals surface area contributed by atoms with Crippen LogP contribution in [0.1, 0.15) is 25.5 Å². The van der Waals surface area contributed by atoms with Gasteiger partial charge in [-0.2, -0.15) is 0 Å². The monoisotopic (exact) mass is 251 g/mol. The van der Waals surface area contributed by atoms with Crippen molar-refractivity contribution in [3.8, 4) is 0 Å². The van der Waals surface area contributed by atoms with Gasteiger partial charge in [-0.05, 0) is 19.4 Å². The molecule has 88 valence electrons. The molecule has 0 radical (unpaired) electrons. The van der Waals surface area contributed by atoms with Gasteiger partial charge in [-0.3, -0.25) is 4.98 Å². The largest absolute Gasteiger partial charge is 0.397 e. The SMILES string of the molecule is CCCCNc1c(N)ccnc1C.Cl.Cl. The van der Waals surface area contributed by atoms with Crippen molar-refractivity contribution in [1.82, 2.24) is 4.98 Å². The number of halogens is 2. The number of aryl methyl sites for hydroxylation is 1. The van der Waals surface area contributed by atoms with Gasteiger partial charge in [-0.25, -0.2) is 0 Å². The first-order chi connectivity index (χ1) is 6.25. The number of nitrogens with one attached hydrogen (secondary N) is 1. The van der Waals surface area contributed by atoms with E-state index in [1.807, 2.05) is 13.0 Å². The highest BCUT2D eigenvalue weighted by Gasteiger charge is 2.01. The number of rotatable bonds is 4. The fraction of sp³-hybridized carbons (Fsp3) is 0.500. The fourth-order valence-corrected chi connectivity index (χ4v) is 1.21. The summed E-state index contributed by atoms with van der Waals surface area (Å²) in [5.41, 5.74) is 8.53. The van der Waals surface area contributed by atoms with Crippen LogP contribution in [0, 0.1) is 6.92 Å². The number of nitrogens with two attached hydrogens (primary N) is 1. The maximum atomic E-state index is 5.80. The fourth-order valence-electron chi connectivity index (χ4n) is 1.21. The van der Waals surface area contributed by atoms with Crippen LogP contribution < -0.4 is 11.1 Å². The van der Waals surface area contributed by atoms with Crippen LogP contribution >= 0.6 is 24.8 Å². The van der Waals surface area contributed by atoms with Crippen molar-refractivity contribution in [2.45, 2.75) is 26.7 Å². The summed E-state index contributed by atoms with van der Waals surface area (Å²) in [5, 5.41) is 3.29. The van der Waals surface area contributed by atoms with Gasteiger partial charge in [0, 0.05) is 12.7 Å². The van der Waals surface area contributed by atoms with Gasteiger partial charge in [0.15, 0.2) is 0 Å². The first-order valence-corrected chi connectivity index (χ1v) is 4.70. The van der Waals surface area contributed by atoms with Crippen LogP contribution in [0.2, 0.25) is 0 Å². The van der Waals surface area contributed by atoms with Crippen LogP contribution in [-0.4, -0.2) is 11.5 Å². The molecule has 5 heteroatoms. The lowest BCUT2D eigenvalue weighted by molar-refractivity contribution is 0.833. The zero-order valence-corrected chi connectivity index (χ0v) is 10.8. The number of anilines is 2. The van der Waals surface area contributed by atoms with Gasteiger partial charge in [0.05, 0.1) is 17.1 Å². The molecule has 0 atom stereocenters. The summed E-state index contributed by atoms with van der Waals surface area (Å²) in [6.45, 7) is 5.10. The maximum absolute atomic E-state index is 5.80. The Hall–Kier alpha value is -0.670. The second kappa shape index (κ2) is 8.62. The first-order valence-electron chi connectivity index (χ1n) is 4.70. The van der Waals surface area contributed by atoms with E-state index in [-0.39, 0.29) is 24.8 Å². The molecule has 1 heterocycles. The molecular formula is C10H19Cl2N3. The van der Waals surface area contributed by atoms with E-state index in [9.17, 15) is 0 Å². The molecule has 0 unspecified atom stereocenters. The normalized spacial score (nSPS) is 8.67. The van der Waals surface area contributed by atoms with Crippen LogP contribution in [0.15, 0.2) is 12.3 Å². The van der Waals surface area contributed by atoms with Crippen molar-refractivity contribution < 1.29 is 0 Å². The summed E-state index contributed by atoms with van der Waals surface area (Å²) in [7, 11) is 0. The van der Waals surface area contributed by atoms with E-state index in [4.69, 9.17) is 5.73 Å². The molecule has 0 aromatic carbocycles. The van der Waals surface area contributed by atoms with Crippen LogP contribution in [0.4, 0.5) is 11.4 Å². The van der Waals surface area contributed by atoms with E-state index >= 15 is 0 Å². The molecule has 0 bridgehead atoms. The second-order valence-corrected chi connectivity index (χ2v) is 3.14. The molecule has 0 aliphatic rings. The molecule has 1 aromatic heterocycles. The highest BCUT2D eigenvalue weighted by molar-refractivity contribution is 5.85. The van der Waals surface area contributed by atoms with Gasteiger partial charge >= 0.3 is 0 Å². The molecule has 0 amide bonds. The van der Waals surface area contributed by atoms with Gasteiger partial charge in [0.2, 0.25) is 0 Å². The topological polar surface area (TPSA) is 50.9 Å². The Morgan fingerprint density at radius 1 is 1.40 bits per heavy atom. The van der Waals surface area contributed by atoms with E-state index in [1.54, 1.807) is 6.20 Å². The van der Waals surface area contributed by atoms with Gasteiger partial charge in [-0.1, -0.05) is 13.3 Å². The Morgan fingerprint density at radius 2 is 2.07 bits per heavy atom. The smallest absolute Gasteiger partial charge is 0.0790 e. The van der Waals surface area contributed by atoms with Crippen molar-refractivity contribution in [1.29, 1.82) is 0 Å². The van der Waals surface area contributed by atoms with E-state index in [0.717, 1.165) is 30.0 Å². The average Bonchev–Trinajstić information content (AvgIpc) is 2.10. The molecule has 3 N–H and O–H groups in total. The molecule has 3 nitrogen and oxygen atoms in total. The lowest BCUT2D eigenvalue weighted by Crippen LogP contribution is -2.06. The Labute approximate surface area is 104 Å². The summed E-state index contributed by atoms with van der Waals surface area (Å²) in [4.78, 5) is 4.18. The third-order valence-corrected chi connectivity index (χ3v) is 2.00. The molecule has 0 aliphatic carbocycles. The van der Waals surface area contributed by atoms with Gasteiger partial charge < -0.3 is 11.1 Å². The van der Waals surface area contributed by atoms with Crippen molar-refractivity contribution in [2.75, 3.05) is 17.6 Å². The number of pyridine rings is 1. The molecule has 0 saturated heterocycles. The third kappa shape index (κ3) is 5.09. The summed E-state index contributed by atoms with van der Waals surface area (Å²) >= 11 is 0. The minimum absolute atomic E-state index is 0.